The van der Waals surface area contributed by atoms with E-state index >= 15 is 0 Å². The van der Waals surface area contributed by atoms with Gasteiger partial charge in [-0.1, -0.05) is 12.1 Å². The quantitative estimate of drug-likeness (QED) is 0.727. The van der Waals surface area contributed by atoms with Crippen LogP contribution in [0.25, 0.3) is 0 Å². The average molecular weight is 255 g/mol. The summed E-state index contributed by atoms with van der Waals surface area (Å²) in [7, 11) is 3.63. The van der Waals surface area contributed by atoms with Crippen LogP contribution in [0.4, 0.5) is 0 Å². The summed E-state index contributed by atoms with van der Waals surface area (Å²) in [6, 6.07) is 2.52. The molecule has 0 radical (unpaired) electrons. The van der Waals surface area contributed by atoms with Crippen molar-refractivity contribution in [3.63, 3.8) is 0 Å². The van der Waals surface area contributed by atoms with Gasteiger partial charge in [-0.05, 0) is 20.4 Å². The minimum atomic E-state index is 0.512. The third kappa shape index (κ3) is 4.76. The molecule has 1 heterocycles. The van der Waals surface area contributed by atoms with Crippen LogP contribution < -0.4 is 5.32 Å². The first-order chi connectivity index (χ1) is 8.71. The number of methoxy groups -OCH3 is 1. The van der Waals surface area contributed by atoms with Crippen LogP contribution in [-0.4, -0.2) is 43.4 Å². The highest BCUT2D eigenvalue weighted by molar-refractivity contribution is 5.05. The third-order valence-electron chi connectivity index (χ3n) is 3.12. The fourth-order valence-corrected chi connectivity index (χ4v) is 1.82. The Morgan fingerprint density at radius 1 is 1.56 bits per heavy atom. The number of hydrogen-bond acceptors (Lipinski definition) is 5. The van der Waals surface area contributed by atoms with Crippen LogP contribution in [0.15, 0.2) is 10.6 Å². The van der Waals surface area contributed by atoms with Gasteiger partial charge in [0.05, 0.1) is 18.8 Å². The first-order valence-electron chi connectivity index (χ1n) is 6.53. The molecule has 1 aromatic rings. The van der Waals surface area contributed by atoms with E-state index in [0.717, 1.165) is 44.1 Å². The average Bonchev–Trinajstić information content (AvgIpc) is 2.81. The standard InChI is InChI=1S/C13H25N3O2/c1-5-11(2)16(6-7-17-4)10-13-8-12(9-14-3)15-18-13/h8,11,14H,5-7,9-10H2,1-4H3. The van der Waals surface area contributed by atoms with Gasteiger partial charge >= 0.3 is 0 Å². The Hall–Kier alpha value is -0.910. The highest BCUT2D eigenvalue weighted by atomic mass is 16.5. The van der Waals surface area contributed by atoms with Gasteiger partial charge in [0.1, 0.15) is 0 Å². The van der Waals surface area contributed by atoms with E-state index in [2.05, 4.69) is 29.2 Å². The molecule has 1 unspecified atom stereocenters. The summed E-state index contributed by atoms with van der Waals surface area (Å²) in [6.07, 6.45) is 1.11. The molecule has 1 N–H and O–H groups in total. The fraction of sp³-hybridized carbons (Fsp3) is 0.769. The lowest BCUT2D eigenvalue weighted by atomic mass is 10.2. The van der Waals surface area contributed by atoms with Crippen LogP contribution in [0.3, 0.4) is 0 Å². The van der Waals surface area contributed by atoms with Crippen molar-refractivity contribution in [2.45, 2.75) is 39.4 Å². The van der Waals surface area contributed by atoms with E-state index in [1.807, 2.05) is 13.1 Å². The van der Waals surface area contributed by atoms with Crippen LogP contribution in [0.2, 0.25) is 0 Å². The number of ether oxygens (including phenoxy) is 1. The minimum Gasteiger partial charge on any atom is -0.383 e. The molecule has 0 saturated heterocycles. The molecule has 0 bridgehead atoms. The molecule has 0 aliphatic heterocycles. The lowest BCUT2D eigenvalue weighted by molar-refractivity contribution is 0.110. The zero-order valence-electron chi connectivity index (χ0n) is 11.9. The van der Waals surface area contributed by atoms with Crippen LogP contribution >= 0.6 is 0 Å². The van der Waals surface area contributed by atoms with E-state index < -0.39 is 0 Å². The van der Waals surface area contributed by atoms with Crippen molar-refractivity contribution in [3.8, 4) is 0 Å². The highest BCUT2D eigenvalue weighted by Crippen LogP contribution is 2.11. The Labute approximate surface area is 109 Å². The normalized spacial score (nSPS) is 13.2. The van der Waals surface area contributed by atoms with Gasteiger partial charge in [-0.15, -0.1) is 0 Å². The van der Waals surface area contributed by atoms with Crippen molar-refractivity contribution in [1.29, 1.82) is 0 Å². The van der Waals surface area contributed by atoms with Gasteiger partial charge in [-0.25, -0.2) is 0 Å². The van der Waals surface area contributed by atoms with Gasteiger partial charge in [0.25, 0.3) is 0 Å². The van der Waals surface area contributed by atoms with Crippen molar-refractivity contribution in [3.05, 3.63) is 17.5 Å². The van der Waals surface area contributed by atoms with Crippen LogP contribution in [0.5, 0.6) is 0 Å². The maximum atomic E-state index is 5.35. The second-order valence-corrected chi connectivity index (χ2v) is 4.54. The Balaban J connectivity index is 2.57. The van der Waals surface area contributed by atoms with E-state index in [-0.39, 0.29) is 0 Å². The zero-order valence-corrected chi connectivity index (χ0v) is 11.9. The molecule has 0 aliphatic carbocycles. The molecule has 1 rings (SSSR count). The molecule has 0 fully saturated rings. The molecule has 5 heteroatoms. The Morgan fingerprint density at radius 2 is 2.33 bits per heavy atom. The number of aromatic nitrogens is 1. The number of nitrogens with zero attached hydrogens (tertiary/aromatic N) is 2. The summed E-state index contributed by atoms with van der Waals surface area (Å²) in [4.78, 5) is 2.35. The number of hydrogen-bond donors (Lipinski definition) is 1. The van der Waals surface area contributed by atoms with Gasteiger partial charge < -0.3 is 14.6 Å². The first kappa shape index (κ1) is 15.1. The van der Waals surface area contributed by atoms with Crippen LogP contribution in [0, 0.1) is 0 Å². The van der Waals surface area contributed by atoms with Crippen LogP contribution in [0.1, 0.15) is 31.7 Å². The zero-order chi connectivity index (χ0) is 13.4. The number of nitrogens with one attached hydrogen (secondary N) is 1. The molecule has 0 spiro atoms. The van der Waals surface area contributed by atoms with Gasteiger partial charge in [0.2, 0.25) is 0 Å². The molecular weight excluding hydrogens is 230 g/mol. The molecule has 104 valence electrons. The van der Waals surface area contributed by atoms with Crippen molar-refractivity contribution in [2.75, 3.05) is 27.3 Å². The van der Waals surface area contributed by atoms with E-state index in [9.17, 15) is 0 Å². The van der Waals surface area contributed by atoms with Gasteiger partial charge in [0.15, 0.2) is 5.76 Å². The van der Waals surface area contributed by atoms with Gasteiger partial charge in [0, 0.05) is 32.3 Å². The smallest absolute Gasteiger partial charge is 0.151 e. The number of rotatable bonds is 9. The second kappa shape index (κ2) is 8.24. The predicted octanol–water partition coefficient (Wildman–Crippen LogP) is 1.64. The molecular formula is C13H25N3O2. The van der Waals surface area contributed by atoms with Gasteiger partial charge in [-0.2, -0.15) is 0 Å². The minimum absolute atomic E-state index is 0.512. The summed E-state index contributed by atoms with van der Waals surface area (Å²) >= 11 is 0. The topological polar surface area (TPSA) is 50.5 Å². The summed E-state index contributed by atoms with van der Waals surface area (Å²) in [5.41, 5.74) is 0.948. The Morgan fingerprint density at radius 3 is 2.94 bits per heavy atom. The summed E-state index contributed by atoms with van der Waals surface area (Å²) in [5.74, 6) is 0.914. The first-order valence-corrected chi connectivity index (χ1v) is 6.53. The summed E-state index contributed by atoms with van der Waals surface area (Å²) in [5, 5.41) is 7.09. The Bertz CT molecular complexity index is 328. The van der Waals surface area contributed by atoms with Gasteiger partial charge in [-0.3, -0.25) is 4.90 Å². The van der Waals surface area contributed by atoms with Crippen molar-refractivity contribution in [2.24, 2.45) is 0 Å². The van der Waals surface area contributed by atoms with Crippen molar-refractivity contribution < 1.29 is 9.26 Å². The lowest BCUT2D eigenvalue weighted by Gasteiger charge is -2.26. The molecule has 0 saturated carbocycles. The maximum absolute atomic E-state index is 5.35. The Kier molecular flexibility index (Phi) is 6.93. The summed E-state index contributed by atoms with van der Waals surface area (Å²) < 4.78 is 10.5. The lowest BCUT2D eigenvalue weighted by Crippen LogP contribution is -2.34. The molecule has 0 aromatic carbocycles. The second-order valence-electron chi connectivity index (χ2n) is 4.54. The SMILES string of the molecule is CCC(C)N(CCOC)Cc1cc(CNC)no1. The molecule has 0 aliphatic rings. The van der Waals surface area contributed by atoms with Crippen molar-refractivity contribution >= 4 is 0 Å². The van der Waals surface area contributed by atoms with E-state index in [0.29, 0.717) is 6.04 Å². The monoisotopic (exact) mass is 255 g/mol. The predicted molar refractivity (Wildman–Crippen MR) is 71.3 cm³/mol. The summed E-state index contributed by atoms with van der Waals surface area (Å²) in [6.45, 7) is 7.59. The fourth-order valence-electron chi connectivity index (χ4n) is 1.82. The maximum Gasteiger partial charge on any atom is 0.151 e. The van der Waals surface area contributed by atoms with Crippen molar-refractivity contribution in [1.82, 2.24) is 15.4 Å². The largest absolute Gasteiger partial charge is 0.383 e. The van der Waals surface area contributed by atoms with Crippen LogP contribution in [-0.2, 0) is 17.8 Å². The molecule has 5 nitrogen and oxygen atoms in total. The van der Waals surface area contributed by atoms with E-state index in [1.54, 1.807) is 7.11 Å². The molecule has 0 amide bonds. The highest BCUT2D eigenvalue weighted by Gasteiger charge is 2.15. The van der Waals surface area contributed by atoms with E-state index in [4.69, 9.17) is 9.26 Å². The third-order valence-corrected chi connectivity index (χ3v) is 3.12. The van der Waals surface area contributed by atoms with E-state index in [1.165, 1.54) is 0 Å². The molecule has 1 aromatic heterocycles. The molecule has 1 atom stereocenters. The molecule has 18 heavy (non-hydrogen) atoms.